The van der Waals surface area contributed by atoms with Crippen LogP contribution in [0.2, 0.25) is 0 Å². The van der Waals surface area contributed by atoms with E-state index in [0.717, 1.165) is 4.68 Å². The molecule has 2 heterocycles. The number of hydrogen-bond acceptors (Lipinski definition) is 9. The Morgan fingerprint density at radius 2 is 1.71 bits per heavy atom. The summed E-state index contributed by atoms with van der Waals surface area (Å²) in [5.41, 5.74) is 2.54. The molecule has 0 aromatic carbocycles. The monoisotopic (exact) mass is 495 g/mol. The summed E-state index contributed by atoms with van der Waals surface area (Å²) in [7, 11) is 3.48. The van der Waals surface area contributed by atoms with Gasteiger partial charge in [0.1, 0.15) is 24.5 Å². The lowest BCUT2D eigenvalue weighted by atomic mass is 10.1. The van der Waals surface area contributed by atoms with Crippen molar-refractivity contribution in [1.29, 1.82) is 0 Å². The lowest BCUT2D eigenvalue weighted by Crippen LogP contribution is -2.51. The zero-order valence-corrected chi connectivity index (χ0v) is 19.1. The summed E-state index contributed by atoms with van der Waals surface area (Å²) in [5, 5.41) is 52.8. The van der Waals surface area contributed by atoms with Gasteiger partial charge in [0, 0.05) is 19.4 Å². The molecule has 2 aromatic heterocycles. The van der Waals surface area contributed by atoms with Crippen LogP contribution in [-0.2, 0) is 37.8 Å². The largest absolute Gasteiger partial charge is 0.481 e. The predicted octanol–water partition coefficient (Wildman–Crippen LogP) is -1.08. The first-order valence-electron chi connectivity index (χ1n) is 10.7. The number of rotatable bonds is 14. The van der Waals surface area contributed by atoms with E-state index in [1.54, 1.807) is 14.1 Å². The van der Waals surface area contributed by atoms with E-state index in [4.69, 9.17) is 10.2 Å². The van der Waals surface area contributed by atoms with E-state index in [1.165, 1.54) is 17.1 Å². The SMILES string of the molecule is CN[N+](C)(Cc1cn([C@@H](CCC(=O)O)C(=O)O)nn1)Cc1cn(C2(C(=O)O)C[C@H]2CC(=O)O)nn1. The van der Waals surface area contributed by atoms with Crippen molar-refractivity contribution in [2.75, 3.05) is 14.1 Å². The Balaban J connectivity index is 1.73. The van der Waals surface area contributed by atoms with Crippen LogP contribution in [0.5, 0.6) is 0 Å². The fourth-order valence-electron chi connectivity index (χ4n) is 4.07. The molecule has 1 aliphatic carbocycles. The quantitative estimate of drug-likeness (QED) is 0.155. The van der Waals surface area contributed by atoms with Crippen LogP contribution < -0.4 is 5.43 Å². The van der Waals surface area contributed by atoms with Crippen molar-refractivity contribution < 1.29 is 44.2 Å². The molecule has 16 heteroatoms. The lowest BCUT2D eigenvalue weighted by molar-refractivity contribution is -0.975. The van der Waals surface area contributed by atoms with Gasteiger partial charge in [-0.2, -0.15) is 5.43 Å². The molecule has 0 saturated heterocycles. The summed E-state index contributed by atoms with van der Waals surface area (Å²) in [6, 6.07) is -1.18. The van der Waals surface area contributed by atoms with Crippen LogP contribution in [0.4, 0.5) is 0 Å². The molecular weight excluding hydrogens is 468 g/mol. The Morgan fingerprint density at radius 1 is 1.09 bits per heavy atom. The van der Waals surface area contributed by atoms with Crippen molar-refractivity contribution in [3.63, 3.8) is 0 Å². The Kier molecular flexibility index (Phi) is 7.16. The molecular formula is C19H27N8O8+. The average molecular weight is 495 g/mol. The highest BCUT2D eigenvalue weighted by atomic mass is 16.4. The van der Waals surface area contributed by atoms with Gasteiger partial charge in [0.15, 0.2) is 11.6 Å². The number of hydrogen-bond donors (Lipinski definition) is 5. The number of carbonyl (C=O) groups is 4. The fourth-order valence-corrected chi connectivity index (χ4v) is 4.07. The van der Waals surface area contributed by atoms with E-state index in [9.17, 15) is 29.4 Å². The van der Waals surface area contributed by atoms with Crippen molar-refractivity contribution in [3.05, 3.63) is 23.8 Å². The molecule has 16 nitrogen and oxygen atoms in total. The van der Waals surface area contributed by atoms with E-state index >= 15 is 0 Å². The average Bonchev–Trinajstić information content (AvgIpc) is 3.07. The Morgan fingerprint density at radius 3 is 2.26 bits per heavy atom. The van der Waals surface area contributed by atoms with Crippen molar-refractivity contribution in [3.8, 4) is 0 Å². The standard InChI is InChI=1S/C19H26N8O8/c1-20-27(2,9-12-7-25(23-21-12)14(17(32)33)3-4-15(28)29)10-13-8-26(24-22-13)19(18(34)35)6-11(19)5-16(30)31/h7-8,11,14,20H,3-6,9-10H2,1-2H3,(H3-,28,29,30,31,32,33,34,35)/p+1/t11-,14+,19?,27?/m1/s1. The van der Waals surface area contributed by atoms with Gasteiger partial charge in [-0.3, -0.25) is 9.59 Å². The van der Waals surface area contributed by atoms with E-state index in [-0.39, 0.29) is 43.4 Å². The van der Waals surface area contributed by atoms with Gasteiger partial charge in [-0.15, -0.1) is 10.2 Å². The van der Waals surface area contributed by atoms with Crippen LogP contribution in [0.25, 0.3) is 0 Å². The van der Waals surface area contributed by atoms with Gasteiger partial charge >= 0.3 is 23.9 Å². The van der Waals surface area contributed by atoms with Crippen molar-refractivity contribution >= 4 is 23.9 Å². The summed E-state index contributed by atoms with van der Waals surface area (Å²) in [4.78, 5) is 45.2. The molecule has 0 amide bonds. The number of nitrogens with one attached hydrogen (secondary N) is 1. The second-order valence-corrected chi connectivity index (χ2v) is 8.79. The minimum absolute atomic E-state index is 0.114. The van der Waals surface area contributed by atoms with Gasteiger partial charge in [-0.1, -0.05) is 10.4 Å². The highest BCUT2D eigenvalue weighted by Crippen LogP contribution is 2.52. The number of aliphatic carboxylic acids is 4. The summed E-state index contributed by atoms with van der Waals surface area (Å²) in [6.07, 6.45) is 2.29. The summed E-state index contributed by atoms with van der Waals surface area (Å²) >= 11 is 0. The van der Waals surface area contributed by atoms with Crippen LogP contribution in [0.3, 0.4) is 0 Å². The normalized spacial score (nSPS) is 21.7. The molecule has 0 spiro atoms. The molecule has 1 saturated carbocycles. The molecule has 2 aromatic rings. The smallest absolute Gasteiger partial charge is 0.332 e. The number of carboxylic acids is 4. The second-order valence-electron chi connectivity index (χ2n) is 8.79. The first kappa shape index (κ1) is 25.7. The molecule has 1 fully saturated rings. The molecule has 0 aliphatic heterocycles. The molecule has 3 rings (SSSR count). The van der Waals surface area contributed by atoms with E-state index < -0.39 is 41.4 Å². The maximum atomic E-state index is 11.9. The van der Waals surface area contributed by atoms with E-state index in [2.05, 4.69) is 26.0 Å². The third-order valence-electron chi connectivity index (χ3n) is 6.17. The Bertz CT molecular complexity index is 1130. The summed E-state index contributed by atoms with van der Waals surface area (Å²) in [5.74, 6) is -5.18. The number of carboxylic acid groups (broad SMARTS) is 4. The molecule has 0 bridgehead atoms. The van der Waals surface area contributed by atoms with Gasteiger partial charge in [0.05, 0.1) is 25.9 Å². The third kappa shape index (κ3) is 5.60. The maximum Gasteiger partial charge on any atom is 0.332 e. The van der Waals surface area contributed by atoms with Gasteiger partial charge in [0.2, 0.25) is 0 Å². The minimum atomic E-state index is -1.43. The van der Waals surface area contributed by atoms with Gasteiger partial charge in [0.25, 0.3) is 0 Å². The van der Waals surface area contributed by atoms with Crippen LogP contribution in [0.15, 0.2) is 12.4 Å². The first-order chi connectivity index (χ1) is 16.4. The molecule has 1 aliphatic rings. The topological polar surface area (TPSA) is 223 Å². The molecule has 35 heavy (non-hydrogen) atoms. The van der Waals surface area contributed by atoms with Crippen LogP contribution in [0.1, 0.15) is 43.1 Å². The highest BCUT2D eigenvalue weighted by molar-refractivity contribution is 5.82. The summed E-state index contributed by atoms with van der Waals surface area (Å²) < 4.78 is 2.43. The fraction of sp³-hybridized carbons (Fsp3) is 0.579. The number of nitrogens with zero attached hydrogens (tertiary/aromatic N) is 7. The Hall–Kier alpha value is -3.92. The Labute approximate surface area is 198 Å². The molecule has 0 radical (unpaired) electrons. The van der Waals surface area contributed by atoms with Gasteiger partial charge in [-0.25, -0.2) is 23.5 Å². The number of quaternary nitrogens is 1. The maximum absolute atomic E-state index is 11.9. The zero-order chi connectivity index (χ0) is 26.0. The van der Waals surface area contributed by atoms with Gasteiger partial charge < -0.3 is 20.4 Å². The van der Waals surface area contributed by atoms with Crippen LogP contribution in [-0.4, -0.2) is 93.0 Å². The molecule has 190 valence electrons. The minimum Gasteiger partial charge on any atom is -0.481 e. The van der Waals surface area contributed by atoms with Crippen LogP contribution in [0, 0.1) is 5.92 Å². The number of aromatic nitrogens is 6. The molecule has 2 unspecified atom stereocenters. The van der Waals surface area contributed by atoms with Crippen molar-refractivity contribution in [1.82, 2.24) is 35.4 Å². The van der Waals surface area contributed by atoms with Crippen LogP contribution >= 0.6 is 0 Å². The van der Waals surface area contributed by atoms with Gasteiger partial charge in [-0.05, 0) is 12.8 Å². The van der Waals surface area contributed by atoms with E-state index in [0.29, 0.717) is 11.4 Å². The highest BCUT2D eigenvalue weighted by Gasteiger charge is 2.64. The second kappa shape index (κ2) is 9.75. The molecule has 4 atom stereocenters. The lowest BCUT2D eigenvalue weighted by Gasteiger charge is -2.30. The first-order valence-corrected chi connectivity index (χ1v) is 10.7. The van der Waals surface area contributed by atoms with E-state index in [1.807, 2.05) is 0 Å². The van der Waals surface area contributed by atoms with Crippen molar-refractivity contribution in [2.45, 2.75) is 50.4 Å². The van der Waals surface area contributed by atoms with Crippen molar-refractivity contribution in [2.24, 2.45) is 5.92 Å². The third-order valence-corrected chi connectivity index (χ3v) is 6.17. The zero-order valence-electron chi connectivity index (χ0n) is 19.1. The summed E-state index contributed by atoms with van der Waals surface area (Å²) in [6.45, 7) is 0.477. The predicted molar refractivity (Wildman–Crippen MR) is 112 cm³/mol. The molecule has 5 N–H and O–H groups in total.